The first kappa shape index (κ1) is 23.0. The molecule has 3 aromatic rings. The lowest BCUT2D eigenvalue weighted by Crippen LogP contribution is -2.10. The zero-order valence-electron chi connectivity index (χ0n) is 16.8. The fraction of sp³-hybridized carbons (Fsp3) is 0.0870. The Hall–Kier alpha value is -3.72. The molecule has 0 aliphatic rings. The molecule has 0 radical (unpaired) electrons. The fourth-order valence-electron chi connectivity index (χ4n) is 2.90. The number of allylic oxidation sites excluding steroid dienone is 1. The quantitative estimate of drug-likeness (QED) is 0.232. The SMILES string of the molecule is CS(=O)(=O)c1ccc(/C(COC(=O)c2cccnc2)=C(/C=O)c2ccc(F)c(F)c2)cc1. The van der Waals surface area contributed by atoms with Crippen molar-refractivity contribution in [1.29, 1.82) is 0 Å². The van der Waals surface area contributed by atoms with Crippen LogP contribution >= 0.6 is 0 Å². The van der Waals surface area contributed by atoms with Gasteiger partial charge in [-0.05, 0) is 47.5 Å². The first-order valence-electron chi connectivity index (χ1n) is 9.22. The molecule has 32 heavy (non-hydrogen) atoms. The Morgan fingerprint density at radius 1 is 1.00 bits per heavy atom. The predicted molar refractivity (Wildman–Crippen MR) is 113 cm³/mol. The van der Waals surface area contributed by atoms with Crippen molar-refractivity contribution in [2.75, 3.05) is 12.9 Å². The third kappa shape index (κ3) is 5.30. The number of aldehydes is 1. The Morgan fingerprint density at radius 2 is 1.69 bits per heavy atom. The summed E-state index contributed by atoms with van der Waals surface area (Å²) in [5.74, 6) is -2.94. The van der Waals surface area contributed by atoms with Gasteiger partial charge in [-0.1, -0.05) is 18.2 Å². The highest BCUT2D eigenvalue weighted by molar-refractivity contribution is 7.90. The molecule has 164 valence electrons. The van der Waals surface area contributed by atoms with Crippen molar-refractivity contribution in [3.63, 3.8) is 0 Å². The number of halogens is 2. The molecule has 0 fully saturated rings. The molecular formula is C23H17F2NO5S. The first-order chi connectivity index (χ1) is 15.2. The Morgan fingerprint density at radius 3 is 2.25 bits per heavy atom. The Kier molecular flexibility index (Phi) is 6.89. The summed E-state index contributed by atoms with van der Waals surface area (Å²) in [4.78, 5) is 28.2. The molecule has 1 heterocycles. The lowest BCUT2D eigenvalue weighted by atomic mass is 9.95. The summed E-state index contributed by atoms with van der Waals surface area (Å²) in [5, 5.41) is 0. The molecular weight excluding hydrogens is 440 g/mol. The van der Waals surface area contributed by atoms with Crippen LogP contribution in [0.5, 0.6) is 0 Å². The molecule has 0 aliphatic heterocycles. The Balaban J connectivity index is 2.07. The maximum absolute atomic E-state index is 13.8. The number of hydrogen-bond donors (Lipinski definition) is 0. The predicted octanol–water partition coefficient (Wildman–Crippen LogP) is 3.73. The molecule has 2 aromatic carbocycles. The number of nitrogens with zero attached hydrogens (tertiary/aromatic N) is 1. The van der Waals surface area contributed by atoms with E-state index in [-0.39, 0.29) is 33.8 Å². The summed E-state index contributed by atoms with van der Waals surface area (Å²) in [6.45, 7) is -0.390. The van der Waals surface area contributed by atoms with Crippen LogP contribution in [0, 0.1) is 11.6 Å². The van der Waals surface area contributed by atoms with E-state index in [0.29, 0.717) is 11.8 Å². The van der Waals surface area contributed by atoms with Crippen LogP contribution in [0.25, 0.3) is 11.1 Å². The number of ether oxygens (including phenoxy) is 1. The zero-order chi connectivity index (χ0) is 23.3. The summed E-state index contributed by atoms with van der Waals surface area (Å²) >= 11 is 0. The van der Waals surface area contributed by atoms with E-state index in [0.717, 1.165) is 18.4 Å². The van der Waals surface area contributed by atoms with Gasteiger partial charge < -0.3 is 4.74 Å². The van der Waals surface area contributed by atoms with Crippen LogP contribution in [-0.4, -0.2) is 38.5 Å². The van der Waals surface area contributed by atoms with Gasteiger partial charge >= 0.3 is 5.97 Å². The standard InChI is InChI=1S/C23H17F2NO5S/c1-32(29,30)18-7-4-15(5-8-18)20(14-31-23(28)17-3-2-10-26-12-17)19(13-27)16-6-9-21(24)22(25)11-16/h2-13H,14H2,1H3/b20-19-. The number of rotatable bonds is 7. The maximum atomic E-state index is 13.8. The van der Waals surface area contributed by atoms with Gasteiger partial charge in [-0.2, -0.15) is 0 Å². The molecule has 0 bridgehead atoms. The average Bonchev–Trinajstić information content (AvgIpc) is 2.78. The average molecular weight is 457 g/mol. The minimum Gasteiger partial charge on any atom is -0.457 e. The molecule has 0 saturated carbocycles. The number of pyridine rings is 1. The van der Waals surface area contributed by atoms with E-state index in [1.54, 1.807) is 6.07 Å². The summed E-state index contributed by atoms with van der Waals surface area (Å²) in [6.07, 6.45) is 4.28. The van der Waals surface area contributed by atoms with E-state index in [1.807, 2.05) is 0 Å². The number of carbonyl (C=O) groups excluding carboxylic acids is 2. The van der Waals surface area contributed by atoms with Crippen LogP contribution in [0.15, 0.2) is 71.9 Å². The highest BCUT2D eigenvalue weighted by atomic mass is 32.2. The van der Waals surface area contributed by atoms with Crippen LogP contribution in [0.1, 0.15) is 21.5 Å². The zero-order valence-corrected chi connectivity index (χ0v) is 17.6. The molecule has 0 saturated heterocycles. The lowest BCUT2D eigenvalue weighted by Gasteiger charge is -2.14. The van der Waals surface area contributed by atoms with Gasteiger partial charge in [-0.15, -0.1) is 0 Å². The molecule has 0 spiro atoms. The highest BCUT2D eigenvalue weighted by Crippen LogP contribution is 2.28. The molecule has 0 amide bonds. The van der Waals surface area contributed by atoms with Crippen molar-refractivity contribution in [2.45, 2.75) is 4.90 Å². The van der Waals surface area contributed by atoms with Gasteiger partial charge in [0.2, 0.25) is 0 Å². The Labute approximate surface area is 183 Å². The number of carbonyl (C=O) groups is 2. The second-order valence-electron chi connectivity index (χ2n) is 6.75. The summed E-state index contributed by atoms with van der Waals surface area (Å²) in [5.41, 5.74) is 0.750. The number of sulfone groups is 1. The van der Waals surface area contributed by atoms with Gasteiger partial charge in [0.1, 0.15) is 6.61 Å². The largest absolute Gasteiger partial charge is 0.457 e. The van der Waals surface area contributed by atoms with Crippen LogP contribution in [0.3, 0.4) is 0 Å². The monoisotopic (exact) mass is 457 g/mol. The molecule has 0 N–H and O–H groups in total. The Bertz CT molecular complexity index is 1290. The normalized spacial score (nSPS) is 12.1. The van der Waals surface area contributed by atoms with Gasteiger partial charge in [0.05, 0.1) is 10.5 Å². The van der Waals surface area contributed by atoms with Crippen LogP contribution < -0.4 is 0 Å². The smallest absolute Gasteiger partial charge is 0.340 e. The lowest BCUT2D eigenvalue weighted by molar-refractivity contribution is -0.103. The van der Waals surface area contributed by atoms with Crippen molar-refractivity contribution in [3.8, 4) is 0 Å². The van der Waals surface area contributed by atoms with Crippen molar-refractivity contribution in [1.82, 2.24) is 4.98 Å². The fourth-order valence-corrected chi connectivity index (χ4v) is 3.53. The van der Waals surface area contributed by atoms with Gasteiger partial charge in [0, 0.05) is 29.8 Å². The number of esters is 1. The van der Waals surface area contributed by atoms with E-state index < -0.39 is 27.4 Å². The summed E-state index contributed by atoms with van der Waals surface area (Å²) in [7, 11) is -3.46. The molecule has 9 heteroatoms. The minimum atomic E-state index is -3.46. The topological polar surface area (TPSA) is 90.4 Å². The molecule has 3 rings (SSSR count). The van der Waals surface area contributed by atoms with Crippen LogP contribution in [0.4, 0.5) is 8.78 Å². The maximum Gasteiger partial charge on any atom is 0.340 e. The van der Waals surface area contributed by atoms with Gasteiger partial charge in [-0.3, -0.25) is 9.78 Å². The van der Waals surface area contributed by atoms with Crippen LogP contribution in [-0.2, 0) is 19.4 Å². The van der Waals surface area contributed by atoms with E-state index >= 15 is 0 Å². The van der Waals surface area contributed by atoms with Crippen molar-refractivity contribution < 1.29 is 31.5 Å². The van der Waals surface area contributed by atoms with Gasteiger partial charge in [-0.25, -0.2) is 22.0 Å². The minimum absolute atomic E-state index is 0.0463. The van der Waals surface area contributed by atoms with E-state index in [4.69, 9.17) is 4.74 Å². The molecule has 0 unspecified atom stereocenters. The summed E-state index contributed by atoms with van der Waals surface area (Å²) < 4.78 is 56.0. The highest BCUT2D eigenvalue weighted by Gasteiger charge is 2.17. The third-order valence-electron chi connectivity index (χ3n) is 4.55. The molecule has 0 aliphatic carbocycles. The molecule has 1 aromatic heterocycles. The number of benzene rings is 2. The second-order valence-corrected chi connectivity index (χ2v) is 8.77. The van der Waals surface area contributed by atoms with Crippen molar-refractivity contribution in [3.05, 3.63) is 95.3 Å². The molecule has 0 atom stereocenters. The number of aromatic nitrogens is 1. The second kappa shape index (κ2) is 9.61. The third-order valence-corrected chi connectivity index (χ3v) is 5.68. The molecule has 6 nitrogen and oxygen atoms in total. The van der Waals surface area contributed by atoms with Crippen LogP contribution in [0.2, 0.25) is 0 Å². The van der Waals surface area contributed by atoms with Crippen molar-refractivity contribution >= 4 is 33.2 Å². The van der Waals surface area contributed by atoms with E-state index in [2.05, 4.69) is 4.98 Å². The summed E-state index contributed by atoms with van der Waals surface area (Å²) in [6, 6.07) is 11.5. The van der Waals surface area contributed by atoms with Crippen molar-refractivity contribution in [2.24, 2.45) is 0 Å². The first-order valence-corrected chi connectivity index (χ1v) is 11.1. The number of hydrogen-bond acceptors (Lipinski definition) is 6. The van der Waals surface area contributed by atoms with Gasteiger partial charge in [0.25, 0.3) is 0 Å². The van der Waals surface area contributed by atoms with E-state index in [9.17, 15) is 26.8 Å². The van der Waals surface area contributed by atoms with Gasteiger partial charge in [0.15, 0.2) is 27.8 Å². The van der Waals surface area contributed by atoms with E-state index in [1.165, 1.54) is 48.8 Å².